The third-order valence-corrected chi connectivity index (χ3v) is 4.69. The van der Waals surface area contributed by atoms with Crippen LogP contribution < -0.4 is 14.8 Å². The summed E-state index contributed by atoms with van der Waals surface area (Å²) < 4.78 is 10.5. The maximum Gasteiger partial charge on any atom is 0.258 e. The summed E-state index contributed by atoms with van der Waals surface area (Å²) in [5, 5.41) is 2.89. The number of hydrogen-bond acceptors (Lipinski definition) is 5. The number of thiophene rings is 1. The Morgan fingerprint density at radius 1 is 1.12 bits per heavy atom. The van der Waals surface area contributed by atoms with Crippen molar-refractivity contribution in [1.29, 1.82) is 0 Å². The topological polar surface area (TPSA) is 60.5 Å². The van der Waals surface area contributed by atoms with Gasteiger partial charge in [-0.05, 0) is 43.3 Å². The van der Waals surface area contributed by atoms with Crippen molar-refractivity contribution in [3.63, 3.8) is 0 Å². The van der Waals surface area contributed by atoms with Crippen LogP contribution in [0.4, 0.5) is 5.69 Å². The van der Waals surface area contributed by atoms with Crippen molar-refractivity contribution in [2.24, 2.45) is 0 Å². The van der Waals surface area contributed by atoms with Gasteiger partial charge in [0, 0.05) is 17.1 Å². The maximum atomic E-state index is 12.8. The van der Waals surface area contributed by atoms with E-state index in [-0.39, 0.29) is 5.91 Å². The molecule has 1 aromatic carbocycles. The van der Waals surface area contributed by atoms with Crippen LogP contribution in [-0.2, 0) is 0 Å². The van der Waals surface area contributed by atoms with Gasteiger partial charge in [-0.25, -0.2) is 0 Å². The van der Waals surface area contributed by atoms with Crippen molar-refractivity contribution >= 4 is 22.9 Å². The van der Waals surface area contributed by atoms with E-state index in [1.807, 2.05) is 19.1 Å². The Morgan fingerprint density at radius 2 is 1.96 bits per heavy atom. The molecule has 2 aromatic heterocycles. The average molecular weight is 354 g/mol. The van der Waals surface area contributed by atoms with Crippen LogP contribution >= 0.6 is 11.3 Å². The van der Waals surface area contributed by atoms with Gasteiger partial charge in [0.1, 0.15) is 11.5 Å². The number of methoxy groups -OCH3 is 2. The summed E-state index contributed by atoms with van der Waals surface area (Å²) >= 11 is 1.61. The van der Waals surface area contributed by atoms with Gasteiger partial charge >= 0.3 is 0 Å². The van der Waals surface area contributed by atoms with Crippen LogP contribution in [0.5, 0.6) is 11.5 Å². The largest absolute Gasteiger partial charge is 0.497 e. The molecule has 0 aliphatic heterocycles. The molecule has 128 valence electrons. The second-order valence-corrected chi connectivity index (χ2v) is 6.62. The predicted octanol–water partition coefficient (Wildman–Crippen LogP) is 4.39. The van der Waals surface area contributed by atoms with Crippen molar-refractivity contribution in [1.82, 2.24) is 4.98 Å². The van der Waals surface area contributed by atoms with Gasteiger partial charge in [-0.1, -0.05) is 0 Å². The third-order valence-electron chi connectivity index (χ3n) is 3.68. The minimum absolute atomic E-state index is 0.249. The molecule has 0 bridgehead atoms. The van der Waals surface area contributed by atoms with E-state index in [1.165, 1.54) is 4.88 Å². The number of hydrogen-bond donors (Lipinski definition) is 1. The van der Waals surface area contributed by atoms with Crippen LogP contribution in [0.1, 0.15) is 15.2 Å². The minimum Gasteiger partial charge on any atom is -0.497 e. The zero-order valence-electron chi connectivity index (χ0n) is 14.2. The number of amides is 1. The highest BCUT2D eigenvalue weighted by Gasteiger charge is 2.17. The van der Waals surface area contributed by atoms with E-state index in [0.29, 0.717) is 28.4 Å². The average Bonchev–Trinajstić information content (AvgIpc) is 3.07. The SMILES string of the molecule is COc1ccc(OC)c(NC(=O)c2cccnc2-c2ccc(C)s2)c1. The van der Waals surface area contributed by atoms with Crippen LogP contribution in [0.15, 0.2) is 48.7 Å². The lowest BCUT2D eigenvalue weighted by Crippen LogP contribution is -2.14. The number of aromatic nitrogens is 1. The summed E-state index contributed by atoms with van der Waals surface area (Å²) in [6, 6.07) is 12.8. The number of anilines is 1. The van der Waals surface area contributed by atoms with E-state index in [0.717, 1.165) is 4.88 Å². The molecule has 0 radical (unpaired) electrons. The van der Waals surface area contributed by atoms with Crippen molar-refractivity contribution in [3.05, 3.63) is 59.1 Å². The van der Waals surface area contributed by atoms with Crippen LogP contribution in [0.25, 0.3) is 10.6 Å². The molecular weight excluding hydrogens is 336 g/mol. The summed E-state index contributed by atoms with van der Waals surface area (Å²) in [6.45, 7) is 2.03. The zero-order valence-corrected chi connectivity index (χ0v) is 15.0. The molecule has 0 saturated heterocycles. The molecule has 0 aliphatic rings. The van der Waals surface area contributed by atoms with Gasteiger partial charge in [0.15, 0.2) is 0 Å². The molecule has 0 aliphatic carbocycles. The van der Waals surface area contributed by atoms with E-state index >= 15 is 0 Å². The van der Waals surface area contributed by atoms with Gasteiger partial charge in [0.25, 0.3) is 5.91 Å². The highest BCUT2D eigenvalue weighted by molar-refractivity contribution is 7.15. The van der Waals surface area contributed by atoms with Crippen molar-refractivity contribution in [3.8, 4) is 22.1 Å². The molecular formula is C19H18N2O3S. The Balaban J connectivity index is 1.95. The fraction of sp³-hybridized carbons (Fsp3) is 0.158. The Hall–Kier alpha value is -2.86. The second kappa shape index (κ2) is 7.36. The fourth-order valence-corrected chi connectivity index (χ4v) is 3.33. The molecule has 3 rings (SSSR count). The lowest BCUT2D eigenvalue weighted by molar-refractivity contribution is 0.102. The summed E-state index contributed by atoms with van der Waals surface area (Å²) in [6.07, 6.45) is 1.69. The van der Waals surface area contributed by atoms with E-state index in [1.54, 1.807) is 62.1 Å². The first-order chi connectivity index (χ1) is 12.1. The van der Waals surface area contributed by atoms with Crippen LogP contribution in [-0.4, -0.2) is 25.1 Å². The molecule has 5 nitrogen and oxygen atoms in total. The van der Waals surface area contributed by atoms with Gasteiger partial charge in [0.2, 0.25) is 0 Å². The fourth-order valence-electron chi connectivity index (χ4n) is 2.45. The Kier molecular flexibility index (Phi) is 5.00. The quantitative estimate of drug-likeness (QED) is 0.738. The standard InChI is InChI=1S/C19H18N2O3S/c1-12-6-9-17(25-12)18-14(5-4-10-20-18)19(22)21-15-11-13(23-2)7-8-16(15)24-3/h4-11H,1-3H3,(H,21,22). The number of rotatable bonds is 5. The first kappa shape index (κ1) is 17.0. The number of nitrogens with zero attached hydrogens (tertiary/aromatic N) is 1. The van der Waals surface area contributed by atoms with Gasteiger partial charge in [0.05, 0.1) is 36.0 Å². The molecule has 3 aromatic rings. The smallest absolute Gasteiger partial charge is 0.258 e. The molecule has 0 atom stereocenters. The van der Waals surface area contributed by atoms with Crippen molar-refractivity contribution in [2.45, 2.75) is 6.92 Å². The molecule has 2 heterocycles. The van der Waals surface area contributed by atoms with Gasteiger partial charge in [-0.3, -0.25) is 9.78 Å². The van der Waals surface area contributed by atoms with E-state index in [4.69, 9.17) is 9.47 Å². The highest BCUT2D eigenvalue weighted by Crippen LogP contribution is 2.32. The lowest BCUT2D eigenvalue weighted by Gasteiger charge is -2.13. The molecule has 0 spiro atoms. The molecule has 1 amide bonds. The molecule has 0 saturated carbocycles. The number of pyridine rings is 1. The Labute approximate surface area is 150 Å². The lowest BCUT2D eigenvalue weighted by atomic mass is 10.1. The van der Waals surface area contributed by atoms with Crippen molar-refractivity contribution in [2.75, 3.05) is 19.5 Å². The minimum atomic E-state index is -0.249. The Bertz CT molecular complexity index is 905. The van der Waals surface area contributed by atoms with E-state index in [2.05, 4.69) is 10.3 Å². The highest BCUT2D eigenvalue weighted by atomic mass is 32.1. The predicted molar refractivity (Wildman–Crippen MR) is 99.8 cm³/mol. The number of carbonyl (C=O) groups excluding carboxylic acids is 1. The van der Waals surface area contributed by atoms with Gasteiger partial charge < -0.3 is 14.8 Å². The number of carbonyl (C=O) groups is 1. The molecule has 0 unspecified atom stereocenters. The van der Waals surface area contributed by atoms with Crippen molar-refractivity contribution < 1.29 is 14.3 Å². The monoisotopic (exact) mass is 354 g/mol. The zero-order chi connectivity index (χ0) is 17.8. The summed E-state index contributed by atoms with van der Waals surface area (Å²) in [7, 11) is 3.13. The first-order valence-corrected chi connectivity index (χ1v) is 8.49. The number of aryl methyl sites for hydroxylation is 1. The second-order valence-electron chi connectivity index (χ2n) is 5.33. The maximum absolute atomic E-state index is 12.8. The first-order valence-electron chi connectivity index (χ1n) is 7.67. The molecule has 25 heavy (non-hydrogen) atoms. The number of ether oxygens (including phenoxy) is 2. The normalized spacial score (nSPS) is 10.4. The summed E-state index contributed by atoms with van der Waals surface area (Å²) in [5.74, 6) is 0.948. The number of benzene rings is 1. The van der Waals surface area contributed by atoms with Crippen LogP contribution in [0.3, 0.4) is 0 Å². The number of nitrogens with one attached hydrogen (secondary N) is 1. The molecule has 1 N–H and O–H groups in total. The van der Waals surface area contributed by atoms with Crippen LogP contribution in [0.2, 0.25) is 0 Å². The summed E-state index contributed by atoms with van der Waals surface area (Å²) in [4.78, 5) is 19.4. The van der Waals surface area contributed by atoms with Crippen LogP contribution in [0, 0.1) is 6.92 Å². The van der Waals surface area contributed by atoms with Gasteiger partial charge in [-0.15, -0.1) is 11.3 Å². The molecule has 0 fully saturated rings. The van der Waals surface area contributed by atoms with E-state index in [9.17, 15) is 4.79 Å². The Morgan fingerprint density at radius 3 is 2.64 bits per heavy atom. The van der Waals surface area contributed by atoms with Gasteiger partial charge in [-0.2, -0.15) is 0 Å². The summed E-state index contributed by atoms with van der Waals surface area (Å²) in [5.41, 5.74) is 1.72. The molecule has 6 heteroatoms. The third kappa shape index (κ3) is 3.64. The van der Waals surface area contributed by atoms with E-state index < -0.39 is 0 Å².